The Bertz CT molecular complexity index is 2270. The van der Waals surface area contributed by atoms with E-state index in [1.54, 1.807) is 36.8 Å². The molecule has 1 saturated heterocycles. The number of ether oxygens (including phenoxy) is 1. The number of hydrogen-bond acceptors (Lipinski definition) is 11. The molecule has 1 aliphatic heterocycles. The second-order valence-corrected chi connectivity index (χ2v) is 14.5. The molecular weight excluding hydrogens is 896 g/mol. The summed E-state index contributed by atoms with van der Waals surface area (Å²) in [5.74, 6) is -0.335. The monoisotopic (exact) mass is 934 g/mol. The lowest BCUT2D eigenvalue weighted by Crippen LogP contribution is -2.37. The molecule has 1 aliphatic rings. The highest BCUT2D eigenvalue weighted by molar-refractivity contribution is 9.10. The number of hydrogen-bond donors (Lipinski definition) is 1. The molecule has 0 aromatic carbocycles. The van der Waals surface area contributed by atoms with Gasteiger partial charge in [-0.15, -0.1) is 0 Å². The van der Waals surface area contributed by atoms with E-state index in [0.29, 0.717) is 21.6 Å². The Morgan fingerprint density at radius 2 is 1.37 bits per heavy atom. The van der Waals surface area contributed by atoms with Crippen molar-refractivity contribution in [2.45, 2.75) is 67.3 Å². The lowest BCUT2D eigenvalue weighted by Gasteiger charge is -2.19. The number of ketones is 1. The third-order valence-electron chi connectivity index (χ3n) is 7.13. The fraction of sp³-hybridized carbons (Fsp3) is 0.306. The number of aryl methyl sites for hydroxylation is 5. The number of amides is 3. The molecule has 6 heterocycles. The Labute approximate surface area is 337 Å². The molecule has 288 valence electrons. The molecule has 0 bridgehead atoms. The van der Waals surface area contributed by atoms with E-state index in [1.807, 2.05) is 71.0 Å². The number of esters is 1. The van der Waals surface area contributed by atoms with E-state index in [0.717, 1.165) is 32.0 Å². The number of aromatic nitrogens is 5. The summed E-state index contributed by atoms with van der Waals surface area (Å²) >= 11 is 9.07. The van der Waals surface area contributed by atoms with Crippen LogP contribution in [0.2, 0.25) is 0 Å². The SMILES string of the molecule is CC1(C)C(=O)N(Br)C(=O)N1Br.COC(=O)CC(C)=O.Cc1ccn2c(=O)c(Br)c(C)nc2c1.Cc1ccn2c(=O)cc(C)nc2c1.Cc1ccnc(N)c1. The van der Waals surface area contributed by atoms with Crippen LogP contribution in [0.5, 0.6) is 0 Å². The molecule has 2 N–H and O–H groups in total. The highest BCUT2D eigenvalue weighted by Crippen LogP contribution is 2.32. The van der Waals surface area contributed by atoms with Gasteiger partial charge in [0.05, 0.1) is 45.1 Å². The summed E-state index contributed by atoms with van der Waals surface area (Å²) in [6, 6.07) is 12.4. The van der Waals surface area contributed by atoms with E-state index < -0.39 is 17.5 Å². The number of imide groups is 1. The van der Waals surface area contributed by atoms with E-state index in [4.69, 9.17) is 5.73 Å². The zero-order chi connectivity index (χ0) is 41.1. The number of methoxy groups -OCH3 is 1. The summed E-state index contributed by atoms with van der Waals surface area (Å²) in [4.78, 5) is 78.2. The number of Topliss-reactive ketones (excluding diaryl/α,β-unsaturated/α-hetero) is 1. The van der Waals surface area contributed by atoms with Crippen molar-refractivity contribution in [2.24, 2.45) is 0 Å². The standard InChI is InChI=1S/C10H9BrN2O.C10H10N2O.C6H8N2.C5H6Br2N2O2.C5H8O3/c1-6-3-4-13-8(5-6)12-7(2)9(11)10(13)14;1-7-3-4-12-9(5-7)11-8(2)6-10(12)13;1-5-2-3-8-6(7)4-5;1-5(2)3(10)8(6)4(11)9(5)7;1-4(6)3-5(7)8-2/h3-5H,1-2H3;3-6H,1-2H3;2-4H,1H3,(H2,7,8);1-2H3;3H2,1-2H3. The van der Waals surface area contributed by atoms with E-state index >= 15 is 0 Å². The van der Waals surface area contributed by atoms with Gasteiger partial charge in [-0.05, 0) is 124 Å². The van der Waals surface area contributed by atoms with Gasteiger partial charge in [-0.3, -0.25) is 32.8 Å². The van der Waals surface area contributed by atoms with Gasteiger partial charge >= 0.3 is 12.0 Å². The van der Waals surface area contributed by atoms with E-state index in [9.17, 15) is 28.8 Å². The van der Waals surface area contributed by atoms with E-state index in [-0.39, 0.29) is 29.2 Å². The molecule has 0 unspecified atom stereocenters. The number of halogens is 3. The molecule has 0 atom stereocenters. The Hall–Kier alpha value is -4.81. The summed E-state index contributed by atoms with van der Waals surface area (Å²) in [7, 11) is 1.26. The molecule has 6 rings (SSSR count). The zero-order valence-electron chi connectivity index (χ0n) is 31.2. The van der Waals surface area contributed by atoms with Crippen LogP contribution >= 0.6 is 48.2 Å². The second kappa shape index (κ2) is 20.0. The highest BCUT2D eigenvalue weighted by atomic mass is 79.9. The molecule has 5 aromatic heterocycles. The molecule has 5 aromatic rings. The van der Waals surface area contributed by atoms with Gasteiger partial charge in [-0.25, -0.2) is 23.7 Å². The summed E-state index contributed by atoms with van der Waals surface area (Å²) in [5.41, 5.74) is 10.7. The number of urea groups is 1. The van der Waals surface area contributed by atoms with Gasteiger partial charge in [0, 0.05) is 30.4 Å². The second-order valence-electron chi connectivity index (χ2n) is 12.3. The lowest BCUT2D eigenvalue weighted by atomic mass is 10.1. The minimum atomic E-state index is -0.805. The number of carbonyl (C=O) groups is 4. The first kappa shape index (κ1) is 45.3. The molecule has 18 heteroatoms. The number of nitrogen functional groups attached to an aromatic ring is 1. The molecule has 15 nitrogen and oxygen atoms in total. The van der Waals surface area contributed by atoms with E-state index in [2.05, 4.69) is 67.9 Å². The fourth-order valence-corrected chi connectivity index (χ4v) is 5.61. The van der Waals surface area contributed by atoms with Crippen LogP contribution < -0.4 is 16.9 Å². The largest absolute Gasteiger partial charge is 0.469 e. The van der Waals surface area contributed by atoms with Gasteiger partial charge in [0.25, 0.3) is 17.0 Å². The van der Waals surface area contributed by atoms with Crippen LogP contribution in [0.25, 0.3) is 11.3 Å². The third-order valence-corrected chi connectivity index (χ3v) is 9.86. The summed E-state index contributed by atoms with van der Waals surface area (Å²) < 4.78 is 9.91. The summed E-state index contributed by atoms with van der Waals surface area (Å²) in [6.07, 6.45) is 5.07. The number of nitrogens with two attached hydrogens (primary N) is 1. The van der Waals surface area contributed by atoms with Crippen LogP contribution in [0.4, 0.5) is 10.6 Å². The number of nitrogens with zero attached hydrogens (tertiary/aromatic N) is 7. The molecule has 54 heavy (non-hydrogen) atoms. The van der Waals surface area contributed by atoms with Gasteiger partial charge in [-0.2, -0.15) is 3.93 Å². The number of pyridine rings is 3. The van der Waals surface area contributed by atoms with Gasteiger partial charge in [0.15, 0.2) is 0 Å². The molecule has 3 amide bonds. The van der Waals surface area contributed by atoms with Crippen molar-refractivity contribution in [3.63, 3.8) is 0 Å². The number of fused-ring (bicyclic) bond motifs is 2. The van der Waals surface area contributed by atoms with Gasteiger partial charge in [-0.1, -0.05) is 0 Å². The topological polar surface area (TPSA) is 192 Å². The number of carbonyl (C=O) groups excluding carboxylic acids is 4. The predicted octanol–water partition coefficient (Wildman–Crippen LogP) is 6.14. The first-order valence-electron chi connectivity index (χ1n) is 16.0. The van der Waals surface area contributed by atoms with Crippen LogP contribution in [0.15, 0.2) is 75.1 Å². The van der Waals surface area contributed by atoms with Gasteiger partial charge in [0.1, 0.15) is 39.3 Å². The molecule has 0 radical (unpaired) electrons. The Balaban J connectivity index is 0.000000238. The van der Waals surface area contributed by atoms with Crippen molar-refractivity contribution in [3.05, 3.63) is 114 Å². The van der Waals surface area contributed by atoms with Crippen molar-refractivity contribution in [1.29, 1.82) is 0 Å². The first-order valence-corrected chi connectivity index (χ1v) is 18.2. The fourth-order valence-electron chi connectivity index (χ4n) is 4.21. The Kier molecular flexibility index (Phi) is 16.8. The third kappa shape index (κ3) is 12.7. The average Bonchev–Trinajstić information content (AvgIpc) is 3.21. The maximum Gasteiger partial charge on any atom is 0.348 e. The zero-order valence-corrected chi connectivity index (χ0v) is 35.9. The number of rotatable bonds is 2. The average molecular weight is 937 g/mol. The molecular formula is C36H41Br3N8O7. The quantitative estimate of drug-likeness (QED) is 0.0925. The minimum Gasteiger partial charge on any atom is -0.469 e. The normalized spacial score (nSPS) is 12.7. The van der Waals surface area contributed by atoms with Crippen molar-refractivity contribution in [2.75, 3.05) is 12.8 Å². The Morgan fingerprint density at radius 3 is 1.78 bits per heavy atom. The van der Waals surface area contributed by atoms with Crippen LogP contribution in [-0.2, 0) is 19.1 Å². The van der Waals surface area contributed by atoms with Crippen molar-refractivity contribution in [1.82, 2.24) is 31.6 Å². The molecule has 1 fully saturated rings. The number of anilines is 1. The van der Waals surface area contributed by atoms with Crippen LogP contribution in [-0.4, -0.2) is 67.9 Å². The first-order chi connectivity index (χ1) is 25.1. The van der Waals surface area contributed by atoms with Crippen molar-refractivity contribution in [3.8, 4) is 0 Å². The van der Waals surface area contributed by atoms with Gasteiger partial charge in [0.2, 0.25) is 0 Å². The van der Waals surface area contributed by atoms with Crippen LogP contribution in [0.1, 0.15) is 55.3 Å². The lowest BCUT2D eigenvalue weighted by molar-refractivity contribution is -0.143. The Morgan fingerprint density at radius 1 is 0.833 bits per heavy atom. The van der Waals surface area contributed by atoms with Crippen molar-refractivity contribution >= 4 is 89.0 Å². The maximum atomic E-state index is 11.7. The molecule has 0 spiro atoms. The summed E-state index contributed by atoms with van der Waals surface area (Å²) in [5, 5.41) is 0. The smallest absolute Gasteiger partial charge is 0.348 e. The molecule has 0 saturated carbocycles. The van der Waals surface area contributed by atoms with Gasteiger partial charge < -0.3 is 10.5 Å². The minimum absolute atomic E-state index is 0.0255. The predicted molar refractivity (Wildman–Crippen MR) is 216 cm³/mol. The molecule has 0 aliphatic carbocycles. The van der Waals surface area contributed by atoms with Crippen LogP contribution in [0, 0.1) is 34.6 Å². The van der Waals surface area contributed by atoms with Crippen molar-refractivity contribution < 1.29 is 23.9 Å². The van der Waals surface area contributed by atoms with Crippen LogP contribution in [0.3, 0.4) is 0 Å². The highest BCUT2D eigenvalue weighted by Gasteiger charge is 2.50. The summed E-state index contributed by atoms with van der Waals surface area (Å²) in [6.45, 7) is 14.2. The maximum absolute atomic E-state index is 11.7. The van der Waals surface area contributed by atoms with E-state index in [1.165, 1.54) is 28.4 Å².